The van der Waals surface area contributed by atoms with Crippen LogP contribution in [0.15, 0.2) is 41.4 Å². The maximum Gasteiger partial charge on any atom is 0.279 e. The Hall–Kier alpha value is -3.24. The standard InChI is InChI=1S/C19H15N3O3S/c1-4-8-21-17-13(3)9-12(2)10-16(17)26-19(21)20-18(23)14-6-5-7-15(11-14)22(24)25/h1,5-7,9-11H,8H2,2-3H3. The molecule has 0 saturated carbocycles. The van der Waals surface area contributed by atoms with Gasteiger partial charge in [-0.2, -0.15) is 4.99 Å². The van der Waals surface area contributed by atoms with Gasteiger partial charge in [-0.1, -0.05) is 29.4 Å². The van der Waals surface area contributed by atoms with Gasteiger partial charge in [0.1, 0.15) is 0 Å². The molecule has 0 bridgehead atoms. The van der Waals surface area contributed by atoms with Crippen LogP contribution in [0.3, 0.4) is 0 Å². The molecule has 1 heterocycles. The molecule has 0 aliphatic carbocycles. The SMILES string of the molecule is C#CCn1c(=NC(=O)c2cccc([N+](=O)[O-])c2)sc2cc(C)cc(C)c21. The number of fused-ring (bicyclic) bond motifs is 1. The lowest BCUT2D eigenvalue weighted by Crippen LogP contribution is -2.17. The third-order valence-corrected chi connectivity index (χ3v) is 4.89. The molecule has 3 aromatic rings. The second-order valence-electron chi connectivity index (χ2n) is 5.83. The molecule has 0 spiro atoms. The third-order valence-electron chi connectivity index (χ3n) is 3.86. The molecule has 130 valence electrons. The van der Waals surface area contributed by atoms with Gasteiger partial charge in [-0.05, 0) is 37.1 Å². The Kier molecular flexibility index (Phi) is 4.69. The first-order valence-electron chi connectivity index (χ1n) is 7.78. The van der Waals surface area contributed by atoms with Crippen molar-refractivity contribution < 1.29 is 9.72 Å². The van der Waals surface area contributed by atoms with E-state index in [4.69, 9.17) is 6.42 Å². The summed E-state index contributed by atoms with van der Waals surface area (Å²) in [7, 11) is 0. The van der Waals surface area contributed by atoms with E-state index >= 15 is 0 Å². The fraction of sp³-hybridized carbons (Fsp3) is 0.158. The van der Waals surface area contributed by atoms with Gasteiger partial charge in [-0.15, -0.1) is 6.42 Å². The number of aromatic nitrogens is 1. The number of non-ortho nitro benzene ring substituents is 1. The molecule has 0 saturated heterocycles. The van der Waals surface area contributed by atoms with Crippen molar-refractivity contribution in [1.29, 1.82) is 0 Å². The van der Waals surface area contributed by atoms with E-state index in [1.165, 1.54) is 35.6 Å². The molecule has 7 heteroatoms. The first-order valence-corrected chi connectivity index (χ1v) is 8.60. The molecule has 2 aromatic carbocycles. The van der Waals surface area contributed by atoms with E-state index in [9.17, 15) is 14.9 Å². The zero-order chi connectivity index (χ0) is 18.8. The van der Waals surface area contributed by atoms with E-state index in [1.54, 1.807) is 0 Å². The smallest absolute Gasteiger partial charge is 0.279 e. The summed E-state index contributed by atoms with van der Waals surface area (Å²) in [5, 5.41) is 10.9. The predicted molar refractivity (Wildman–Crippen MR) is 101 cm³/mol. The first kappa shape index (κ1) is 17.6. The van der Waals surface area contributed by atoms with Crippen molar-refractivity contribution in [3.05, 3.63) is 68.0 Å². The van der Waals surface area contributed by atoms with Crippen LogP contribution in [-0.4, -0.2) is 15.4 Å². The minimum atomic E-state index is -0.541. The van der Waals surface area contributed by atoms with Crippen molar-refractivity contribution in [2.45, 2.75) is 20.4 Å². The van der Waals surface area contributed by atoms with E-state index in [-0.39, 0.29) is 17.8 Å². The lowest BCUT2D eigenvalue weighted by Gasteiger charge is -2.04. The Bertz CT molecular complexity index is 1150. The number of carbonyl (C=O) groups is 1. The Balaban J connectivity index is 2.18. The van der Waals surface area contributed by atoms with Gasteiger partial charge in [-0.3, -0.25) is 14.9 Å². The molecule has 6 nitrogen and oxygen atoms in total. The first-order chi connectivity index (χ1) is 12.4. The molecule has 0 fully saturated rings. The average molecular weight is 365 g/mol. The van der Waals surface area contributed by atoms with E-state index in [0.717, 1.165) is 21.3 Å². The van der Waals surface area contributed by atoms with Crippen molar-refractivity contribution in [3.8, 4) is 12.3 Å². The van der Waals surface area contributed by atoms with Crippen LogP contribution in [0.5, 0.6) is 0 Å². The summed E-state index contributed by atoms with van der Waals surface area (Å²) >= 11 is 1.37. The zero-order valence-corrected chi connectivity index (χ0v) is 15.0. The van der Waals surface area contributed by atoms with Crippen LogP contribution < -0.4 is 4.80 Å². The number of hydrogen-bond acceptors (Lipinski definition) is 4. The fourth-order valence-corrected chi connectivity index (χ4v) is 4.02. The summed E-state index contributed by atoms with van der Waals surface area (Å²) in [5.41, 5.74) is 3.13. The van der Waals surface area contributed by atoms with Gasteiger partial charge in [-0.25, -0.2) is 0 Å². The molecule has 0 radical (unpaired) electrons. The fourth-order valence-electron chi connectivity index (χ4n) is 2.82. The van der Waals surface area contributed by atoms with Crippen LogP contribution in [0.25, 0.3) is 10.2 Å². The second-order valence-corrected chi connectivity index (χ2v) is 6.84. The van der Waals surface area contributed by atoms with E-state index < -0.39 is 10.8 Å². The summed E-state index contributed by atoms with van der Waals surface area (Å²) in [6.07, 6.45) is 5.49. The minimum Gasteiger partial charge on any atom is -0.304 e. The maximum absolute atomic E-state index is 12.5. The van der Waals surface area contributed by atoms with Crippen LogP contribution in [-0.2, 0) is 6.54 Å². The van der Waals surface area contributed by atoms with Crippen LogP contribution in [0, 0.1) is 36.3 Å². The number of carbonyl (C=O) groups excluding carboxylic acids is 1. The Morgan fingerprint density at radius 2 is 2.12 bits per heavy atom. The number of benzene rings is 2. The minimum absolute atomic E-state index is 0.148. The van der Waals surface area contributed by atoms with E-state index in [2.05, 4.69) is 10.9 Å². The molecular formula is C19H15N3O3S. The van der Waals surface area contributed by atoms with Gasteiger partial charge in [0, 0.05) is 17.7 Å². The Labute approximate surface area is 153 Å². The van der Waals surface area contributed by atoms with Crippen LogP contribution in [0.2, 0.25) is 0 Å². The van der Waals surface area contributed by atoms with Gasteiger partial charge in [0.15, 0.2) is 4.80 Å². The van der Waals surface area contributed by atoms with Gasteiger partial charge in [0.25, 0.3) is 11.6 Å². The Morgan fingerprint density at radius 3 is 2.81 bits per heavy atom. The highest BCUT2D eigenvalue weighted by molar-refractivity contribution is 7.16. The molecule has 0 aliphatic rings. The quantitative estimate of drug-likeness (QED) is 0.404. The number of nitro groups is 1. The highest BCUT2D eigenvalue weighted by Gasteiger charge is 2.13. The summed E-state index contributed by atoms with van der Waals surface area (Å²) in [5.74, 6) is 2.05. The van der Waals surface area contributed by atoms with Crippen LogP contribution in [0.1, 0.15) is 21.5 Å². The number of amides is 1. The predicted octanol–water partition coefficient (Wildman–Crippen LogP) is 3.60. The van der Waals surface area contributed by atoms with Crippen molar-refractivity contribution in [3.63, 3.8) is 0 Å². The van der Waals surface area contributed by atoms with Crippen molar-refractivity contribution in [2.75, 3.05) is 0 Å². The molecular weight excluding hydrogens is 350 g/mol. The van der Waals surface area contributed by atoms with Crippen molar-refractivity contribution >= 4 is 33.1 Å². The largest absolute Gasteiger partial charge is 0.304 e. The molecule has 1 amide bonds. The van der Waals surface area contributed by atoms with Gasteiger partial charge >= 0.3 is 0 Å². The third kappa shape index (κ3) is 3.27. The molecule has 0 atom stereocenters. The number of aryl methyl sites for hydroxylation is 2. The normalized spacial score (nSPS) is 11.5. The molecule has 3 rings (SSSR count). The lowest BCUT2D eigenvalue weighted by atomic mass is 10.1. The summed E-state index contributed by atoms with van der Waals surface area (Å²) in [6.45, 7) is 4.27. The number of nitro benzene ring substituents is 1. The number of thiazole rings is 1. The lowest BCUT2D eigenvalue weighted by molar-refractivity contribution is -0.384. The number of rotatable bonds is 3. The number of nitrogens with zero attached hydrogens (tertiary/aromatic N) is 3. The topological polar surface area (TPSA) is 77.5 Å². The average Bonchev–Trinajstić information content (AvgIpc) is 2.92. The molecule has 26 heavy (non-hydrogen) atoms. The second kappa shape index (κ2) is 6.94. The van der Waals surface area contributed by atoms with Crippen molar-refractivity contribution in [2.24, 2.45) is 4.99 Å². The highest BCUT2D eigenvalue weighted by Crippen LogP contribution is 2.23. The highest BCUT2D eigenvalue weighted by atomic mass is 32.1. The van der Waals surface area contributed by atoms with Crippen molar-refractivity contribution in [1.82, 2.24) is 4.57 Å². The summed E-state index contributed by atoms with van der Waals surface area (Å²) in [6, 6.07) is 9.61. The summed E-state index contributed by atoms with van der Waals surface area (Å²) < 4.78 is 2.81. The van der Waals surface area contributed by atoms with E-state index in [1.807, 2.05) is 30.5 Å². The van der Waals surface area contributed by atoms with Gasteiger partial charge in [0.05, 0.1) is 21.7 Å². The van der Waals surface area contributed by atoms with Crippen LogP contribution in [0.4, 0.5) is 5.69 Å². The molecule has 0 N–H and O–H groups in total. The molecule has 0 unspecified atom stereocenters. The van der Waals surface area contributed by atoms with Crippen LogP contribution >= 0.6 is 11.3 Å². The maximum atomic E-state index is 12.5. The summed E-state index contributed by atoms with van der Waals surface area (Å²) in [4.78, 5) is 27.5. The Morgan fingerprint density at radius 1 is 1.35 bits per heavy atom. The molecule has 1 aromatic heterocycles. The van der Waals surface area contributed by atoms with Gasteiger partial charge in [0.2, 0.25) is 0 Å². The zero-order valence-electron chi connectivity index (χ0n) is 14.2. The van der Waals surface area contributed by atoms with Gasteiger partial charge < -0.3 is 4.57 Å². The monoisotopic (exact) mass is 365 g/mol. The number of hydrogen-bond donors (Lipinski definition) is 0. The molecule has 0 aliphatic heterocycles. The number of terminal acetylenes is 1. The van der Waals surface area contributed by atoms with E-state index in [0.29, 0.717) is 4.80 Å².